The molecule has 1 atom stereocenters. The number of esters is 3. The number of carbonyl (C=O) groups excluding carboxylic acids is 3. The lowest BCUT2D eigenvalue weighted by Gasteiger charge is -2.18. The van der Waals surface area contributed by atoms with E-state index < -0.39 is 6.10 Å². The second-order valence-electron chi connectivity index (χ2n) is 17.8. The summed E-state index contributed by atoms with van der Waals surface area (Å²) in [5.74, 6) is -0.907. The summed E-state index contributed by atoms with van der Waals surface area (Å²) < 4.78 is 16.8. The molecule has 0 bridgehead atoms. The second kappa shape index (κ2) is 51.7. The topological polar surface area (TPSA) is 78.9 Å². The summed E-state index contributed by atoms with van der Waals surface area (Å²) in [5, 5.41) is 0. The molecule has 0 rings (SSSR count). The van der Waals surface area contributed by atoms with Crippen molar-refractivity contribution in [2.24, 2.45) is 0 Å². The minimum Gasteiger partial charge on any atom is -0.462 e. The van der Waals surface area contributed by atoms with E-state index in [4.69, 9.17) is 14.2 Å². The molecule has 6 nitrogen and oxygen atoms in total. The Hall–Kier alpha value is -2.89. The molecule has 0 saturated carbocycles. The first-order valence-electron chi connectivity index (χ1n) is 26.8. The van der Waals surface area contributed by atoms with Crippen molar-refractivity contribution in [3.05, 3.63) is 60.8 Å². The van der Waals surface area contributed by atoms with E-state index in [0.29, 0.717) is 19.3 Å². The third-order valence-electron chi connectivity index (χ3n) is 11.5. The first-order chi connectivity index (χ1) is 31.0. The molecule has 0 N–H and O–H groups in total. The number of allylic oxidation sites excluding steroid dienone is 10. The third-order valence-corrected chi connectivity index (χ3v) is 11.5. The first-order valence-corrected chi connectivity index (χ1v) is 26.8. The van der Waals surface area contributed by atoms with Crippen molar-refractivity contribution >= 4 is 17.9 Å². The van der Waals surface area contributed by atoms with Gasteiger partial charge in [-0.25, -0.2) is 0 Å². The van der Waals surface area contributed by atoms with E-state index in [9.17, 15) is 14.4 Å². The Balaban J connectivity index is 4.37. The molecule has 0 aliphatic carbocycles. The molecule has 364 valence electrons. The zero-order valence-electron chi connectivity index (χ0n) is 41.6. The van der Waals surface area contributed by atoms with Crippen LogP contribution in [0.25, 0.3) is 0 Å². The van der Waals surface area contributed by atoms with Crippen molar-refractivity contribution in [3.8, 4) is 0 Å². The highest BCUT2D eigenvalue weighted by atomic mass is 16.6. The molecule has 0 aromatic rings. The lowest BCUT2D eigenvalue weighted by atomic mass is 10.1. The van der Waals surface area contributed by atoms with Gasteiger partial charge in [-0.3, -0.25) is 14.4 Å². The average Bonchev–Trinajstić information content (AvgIpc) is 3.28. The average molecular weight is 881 g/mol. The van der Waals surface area contributed by atoms with Gasteiger partial charge in [-0.15, -0.1) is 0 Å². The quantitative estimate of drug-likeness (QED) is 0.0262. The van der Waals surface area contributed by atoms with Crippen molar-refractivity contribution in [2.45, 2.75) is 271 Å². The predicted octanol–water partition coefficient (Wildman–Crippen LogP) is 17.6. The molecule has 0 radical (unpaired) electrons. The van der Waals surface area contributed by atoms with Crippen LogP contribution >= 0.6 is 0 Å². The molecule has 0 aliphatic rings. The largest absolute Gasteiger partial charge is 0.462 e. The Morgan fingerprint density at radius 1 is 0.317 bits per heavy atom. The van der Waals surface area contributed by atoms with E-state index in [1.807, 2.05) is 0 Å². The summed E-state index contributed by atoms with van der Waals surface area (Å²) in [6, 6.07) is 0. The molecule has 0 fully saturated rings. The maximum absolute atomic E-state index is 12.8. The molecule has 63 heavy (non-hydrogen) atoms. The van der Waals surface area contributed by atoms with Crippen LogP contribution in [0.3, 0.4) is 0 Å². The van der Waals surface area contributed by atoms with Gasteiger partial charge in [0.2, 0.25) is 0 Å². The Labute approximate surface area is 390 Å². The Bertz CT molecular complexity index is 1150. The number of rotatable bonds is 48. The first kappa shape index (κ1) is 60.1. The van der Waals surface area contributed by atoms with Crippen LogP contribution in [0.1, 0.15) is 265 Å². The SMILES string of the molecule is CCCC/C=C\C/C=C\CCCCCCCC(=O)O[C@H](COC(=O)CCCCCCC/C=C\CCCCC)COC(=O)CCCCCCCCCCC/C=C\C/C=C\CCCCC. The molecular formula is C57H100O6. The van der Waals surface area contributed by atoms with Crippen LogP contribution in [-0.2, 0) is 28.6 Å². The number of carbonyl (C=O) groups is 3. The minimum atomic E-state index is -0.785. The Kier molecular flexibility index (Phi) is 49.4. The standard InChI is InChI=1S/C57H100O6/c1-4-7-10-13-16-19-22-25-27-28-29-30-31-33-35-38-41-44-47-50-56(59)62-53-54(52-61-55(58)49-46-43-40-37-34-24-21-18-15-12-9-6-3)63-57(60)51-48-45-42-39-36-32-26-23-20-17-14-11-8-5-2/h14,16-19,21,23,25-27,54H,4-13,15,20,22,24,28-53H2,1-3H3/b17-14-,19-16-,21-18-,26-23-,27-25-/t54-/m1/s1. The zero-order valence-corrected chi connectivity index (χ0v) is 41.6. The summed E-state index contributed by atoms with van der Waals surface area (Å²) in [4.78, 5) is 38.0. The molecule has 0 aliphatic heterocycles. The second-order valence-corrected chi connectivity index (χ2v) is 17.8. The summed E-state index contributed by atoms with van der Waals surface area (Å²) in [5.41, 5.74) is 0. The van der Waals surface area contributed by atoms with Gasteiger partial charge in [-0.2, -0.15) is 0 Å². The van der Waals surface area contributed by atoms with Gasteiger partial charge in [-0.1, -0.05) is 204 Å². The molecule has 0 saturated heterocycles. The highest BCUT2D eigenvalue weighted by Gasteiger charge is 2.19. The van der Waals surface area contributed by atoms with E-state index >= 15 is 0 Å². The molecular weight excluding hydrogens is 781 g/mol. The summed E-state index contributed by atoms with van der Waals surface area (Å²) in [7, 11) is 0. The predicted molar refractivity (Wildman–Crippen MR) is 270 cm³/mol. The van der Waals surface area contributed by atoms with Gasteiger partial charge in [0.15, 0.2) is 6.10 Å². The fraction of sp³-hybridized carbons (Fsp3) is 0.772. The number of hydrogen-bond acceptors (Lipinski definition) is 6. The summed E-state index contributed by atoms with van der Waals surface area (Å²) in [6.45, 7) is 6.54. The number of ether oxygens (including phenoxy) is 3. The van der Waals surface area contributed by atoms with Crippen molar-refractivity contribution in [1.29, 1.82) is 0 Å². The van der Waals surface area contributed by atoms with Gasteiger partial charge >= 0.3 is 17.9 Å². The van der Waals surface area contributed by atoms with Crippen molar-refractivity contribution in [2.75, 3.05) is 13.2 Å². The van der Waals surface area contributed by atoms with Gasteiger partial charge in [0.1, 0.15) is 13.2 Å². The summed E-state index contributed by atoms with van der Waals surface area (Å²) in [6.07, 6.45) is 63.4. The molecule has 6 heteroatoms. The Morgan fingerprint density at radius 2 is 0.587 bits per heavy atom. The number of hydrogen-bond donors (Lipinski definition) is 0. The third kappa shape index (κ3) is 50.0. The smallest absolute Gasteiger partial charge is 0.306 e. The number of unbranched alkanes of at least 4 members (excludes halogenated alkanes) is 27. The van der Waals surface area contributed by atoms with Crippen LogP contribution in [0.5, 0.6) is 0 Å². The van der Waals surface area contributed by atoms with E-state index in [0.717, 1.165) is 96.3 Å². The molecule has 0 aromatic carbocycles. The van der Waals surface area contributed by atoms with Crippen LogP contribution in [0.4, 0.5) is 0 Å². The van der Waals surface area contributed by atoms with E-state index in [2.05, 4.69) is 81.5 Å². The van der Waals surface area contributed by atoms with Crippen LogP contribution in [0.15, 0.2) is 60.8 Å². The maximum atomic E-state index is 12.8. The highest BCUT2D eigenvalue weighted by molar-refractivity contribution is 5.71. The molecule has 0 spiro atoms. The maximum Gasteiger partial charge on any atom is 0.306 e. The molecule has 0 unspecified atom stereocenters. The Morgan fingerprint density at radius 3 is 0.937 bits per heavy atom. The molecule has 0 heterocycles. The van der Waals surface area contributed by atoms with Gasteiger partial charge in [0.25, 0.3) is 0 Å². The summed E-state index contributed by atoms with van der Waals surface area (Å²) >= 11 is 0. The van der Waals surface area contributed by atoms with Crippen molar-refractivity contribution in [3.63, 3.8) is 0 Å². The van der Waals surface area contributed by atoms with Crippen LogP contribution < -0.4 is 0 Å². The molecule has 0 aromatic heterocycles. The van der Waals surface area contributed by atoms with E-state index in [1.54, 1.807) is 0 Å². The lowest BCUT2D eigenvalue weighted by molar-refractivity contribution is -0.167. The van der Waals surface area contributed by atoms with Crippen LogP contribution in [0.2, 0.25) is 0 Å². The lowest BCUT2D eigenvalue weighted by Crippen LogP contribution is -2.30. The molecule has 0 amide bonds. The van der Waals surface area contributed by atoms with Gasteiger partial charge in [-0.05, 0) is 103 Å². The van der Waals surface area contributed by atoms with E-state index in [-0.39, 0.29) is 31.1 Å². The van der Waals surface area contributed by atoms with Gasteiger partial charge in [0.05, 0.1) is 0 Å². The highest BCUT2D eigenvalue weighted by Crippen LogP contribution is 2.14. The minimum absolute atomic E-state index is 0.0844. The fourth-order valence-electron chi connectivity index (χ4n) is 7.37. The monoisotopic (exact) mass is 881 g/mol. The van der Waals surface area contributed by atoms with Gasteiger partial charge in [0, 0.05) is 19.3 Å². The van der Waals surface area contributed by atoms with Gasteiger partial charge < -0.3 is 14.2 Å². The van der Waals surface area contributed by atoms with Crippen LogP contribution in [-0.4, -0.2) is 37.2 Å². The van der Waals surface area contributed by atoms with Crippen LogP contribution in [0, 0.1) is 0 Å². The normalized spacial score (nSPS) is 12.5. The zero-order chi connectivity index (χ0) is 45.8. The van der Waals surface area contributed by atoms with E-state index in [1.165, 1.54) is 128 Å². The van der Waals surface area contributed by atoms with Crippen molar-refractivity contribution in [1.82, 2.24) is 0 Å². The van der Waals surface area contributed by atoms with Crippen molar-refractivity contribution < 1.29 is 28.6 Å². The fourth-order valence-corrected chi connectivity index (χ4v) is 7.37.